The highest BCUT2D eigenvalue weighted by Crippen LogP contribution is 2.43. The number of rotatable bonds is 8. The maximum Gasteiger partial charge on any atom is 0.323 e. The molecule has 1 aromatic heterocycles. The highest BCUT2D eigenvalue weighted by atomic mass is 35.5. The second-order valence-electron chi connectivity index (χ2n) is 9.96. The molecule has 9 nitrogen and oxygen atoms in total. The van der Waals surface area contributed by atoms with Crippen LogP contribution in [0.5, 0.6) is 5.75 Å². The van der Waals surface area contributed by atoms with Crippen LogP contribution < -0.4 is 15.4 Å². The molecular formula is C29H29ClN6O3. The molecule has 3 N–H and O–H groups in total. The van der Waals surface area contributed by atoms with Crippen molar-refractivity contribution < 1.29 is 14.3 Å². The lowest BCUT2D eigenvalue weighted by Crippen LogP contribution is -2.27. The van der Waals surface area contributed by atoms with Crippen molar-refractivity contribution in [2.45, 2.75) is 38.2 Å². The smallest absolute Gasteiger partial charge is 0.323 e. The average Bonchev–Trinajstić information content (AvgIpc) is 3.60. The summed E-state index contributed by atoms with van der Waals surface area (Å²) in [5.41, 5.74) is 5.05. The minimum atomic E-state index is -0.366. The van der Waals surface area contributed by atoms with E-state index >= 15 is 0 Å². The molecule has 4 aromatic rings. The molecule has 1 saturated heterocycles. The molecular weight excluding hydrogens is 516 g/mol. The Morgan fingerprint density at radius 3 is 2.49 bits per heavy atom. The second-order valence-corrected chi connectivity index (χ2v) is 10.4. The minimum absolute atomic E-state index is 0.0223. The molecule has 1 aliphatic heterocycles. The number of hydrogen-bond acceptors (Lipinski definition) is 6. The van der Waals surface area contributed by atoms with Crippen LogP contribution in [0.25, 0.3) is 22.5 Å². The number of urea groups is 1. The molecule has 39 heavy (non-hydrogen) atoms. The van der Waals surface area contributed by atoms with Crippen LogP contribution in [0.4, 0.5) is 16.2 Å². The minimum Gasteiger partial charge on any atom is -0.488 e. The standard InChI is InChI=1S/C29H29ClN6O3/c30-21-7-9-22(10-8-21)31-29(37)32-26-17-19(24-3-1-2-4-25(24)28-33-35-36-34-28)16-20(15-18-5-6-18)27(26)39-23-11-13-38-14-12-23/h1-4,7-10,16-18,23H,5-6,11-15H2,(H2,31,32,37)(H,33,34,35,36). The van der Waals surface area contributed by atoms with Crippen LogP contribution in [0.1, 0.15) is 31.2 Å². The zero-order chi connectivity index (χ0) is 26.6. The van der Waals surface area contributed by atoms with Crippen molar-refractivity contribution in [1.29, 1.82) is 0 Å². The first kappa shape index (κ1) is 25.3. The van der Waals surface area contributed by atoms with Crippen molar-refractivity contribution in [3.8, 4) is 28.3 Å². The molecule has 0 radical (unpaired) electrons. The summed E-state index contributed by atoms with van der Waals surface area (Å²) in [6.07, 6.45) is 4.91. The molecule has 3 aromatic carbocycles. The van der Waals surface area contributed by atoms with Crippen LogP contribution in [0.2, 0.25) is 5.02 Å². The Morgan fingerprint density at radius 1 is 1.00 bits per heavy atom. The molecule has 0 unspecified atom stereocenters. The number of carbonyl (C=O) groups excluding carboxylic acids is 1. The van der Waals surface area contributed by atoms with E-state index in [0.717, 1.165) is 47.3 Å². The van der Waals surface area contributed by atoms with Crippen molar-refractivity contribution in [3.63, 3.8) is 0 Å². The maximum atomic E-state index is 13.2. The Morgan fingerprint density at radius 2 is 1.77 bits per heavy atom. The number of halogens is 1. The molecule has 10 heteroatoms. The van der Waals surface area contributed by atoms with E-state index in [1.807, 2.05) is 30.3 Å². The largest absolute Gasteiger partial charge is 0.488 e. The predicted molar refractivity (Wildman–Crippen MR) is 150 cm³/mol. The van der Waals surface area contributed by atoms with Gasteiger partial charge in [0.25, 0.3) is 0 Å². The molecule has 0 spiro atoms. The van der Waals surface area contributed by atoms with Crippen LogP contribution in [-0.2, 0) is 11.2 Å². The predicted octanol–water partition coefficient (Wildman–Crippen LogP) is 6.34. The number of ether oxygens (including phenoxy) is 2. The first-order valence-electron chi connectivity index (χ1n) is 13.2. The fourth-order valence-corrected chi connectivity index (χ4v) is 4.97. The molecule has 0 bridgehead atoms. The molecule has 2 aliphatic rings. The van der Waals surface area contributed by atoms with Gasteiger partial charge in [-0.2, -0.15) is 5.21 Å². The number of nitrogens with one attached hydrogen (secondary N) is 3. The Kier molecular flexibility index (Phi) is 7.42. The van der Waals surface area contributed by atoms with Crippen molar-refractivity contribution in [3.05, 3.63) is 71.2 Å². The van der Waals surface area contributed by atoms with Gasteiger partial charge in [-0.15, -0.1) is 10.2 Å². The fraction of sp³-hybridized carbons (Fsp3) is 0.310. The van der Waals surface area contributed by atoms with Crippen LogP contribution in [0.15, 0.2) is 60.7 Å². The van der Waals surface area contributed by atoms with Crippen LogP contribution in [-0.4, -0.2) is 46.0 Å². The first-order valence-corrected chi connectivity index (χ1v) is 13.6. The summed E-state index contributed by atoms with van der Waals surface area (Å²) >= 11 is 6.01. The number of carbonyl (C=O) groups is 1. The summed E-state index contributed by atoms with van der Waals surface area (Å²) in [5, 5.41) is 21.2. The number of amides is 2. The third-order valence-electron chi connectivity index (χ3n) is 7.00. The van der Waals surface area contributed by atoms with Crippen LogP contribution >= 0.6 is 11.6 Å². The maximum absolute atomic E-state index is 13.2. The van der Waals surface area contributed by atoms with Gasteiger partial charge in [0.2, 0.25) is 5.82 Å². The van der Waals surface area contributed by atoms with Gasteiger partial charge in [0.1, 0.15) is 11.9 Å². The summed E-state index contributed by atoms with van der Waals surface area (Å²) in [6.45, 7) is 1.33. The van der Waals surface area contributed by atoms with Gasteiger partial charge >= 0.3 is 6.03 Å². The number of H-pyrrole nitrogens is 1. The number of anilines is 2. The van der Waals surface area contributed by atoms with Crippen molar-refractivity contribution in [2.24, 2.45) is 5.92 Å². The SMILES string of the molecule is O=C(Nc1ccc(Cl)cc1)Nc1cc(-c2ccccc2-c2nn[nH]n2)cc(CC2CC2)c1OC1CCOCC1. The summed E-state index contributed by atoms with van der Waals surface area (Å²) in [5.74, 6) is 1.84. The zero-order valence-corrected chi connectivity index (χ0v) is 22.1. The summed E-state index contributed by atoms with van der Waals surface area (Å²) in [4.78, 5) is 13.2. The molecule has 2 fully saturated rings. The van der Waals surface area contributed by atoms with E-state index in [4.69, 9.17) is 21.1 Å². The fourth-order valence-electron chi connectivity index (χ4n) is 4.85. The highest BCUT2D eigenvalue weighted by Gasteiger charge is 2.27. The average molecular weight is 545 g/mol. The normalized spacial score (nSPS) is 15.6. The van der Waals surface area contributed by atoms with Gasteiger partial charge in [0, 0.05) is 29.1 Å². The van der Waals surface area contributed by atoms with E-state index in [9.17, 15) is 4.79 Å². The number of hydrogen-bond donors (Lipinski definition) is 3. The van der Waals surface area contributed by atoms with Crippen LogP contribution in [0, 0.1) is 5.92 Å². The van der Waals surface area contributed by atoms with Crippen LogP contribution in [0.3, 0.4) is 0 Å². The third kappa shape index (κ3) is 6.21. The lowest BCUT2D eigenvalue weighted by atomic mass is 9.94. The number of benzene rings is 3. The quantitative estimate of drug-likeness (QED) is 0.238. The Labute approximate surface area is 231 Å². The van der Waals surface area contributed by atoms with Gasteiger partial charge in [-0.1, -0.05) is 35.9 Å². The molecule has 2 heterocycles. The first-order chi connectivity index (χ1) is 19.1. The molecule has 0 atom stereocenters. The second kappa shape index (κ2) is 11.4. The van der Waals surface area contributed by atoms with Crippen molar-refractivity contribution in [1.82, 2.24) is 20.6 Å². The van der Waals surface area contributed by atoms with E-state index < -0.39 is 0 Å². The zero-order valence-electron chi connectivity index (χ0n) is 21.3. The van der Waals surface area contributed by atoms with Gasteiger partial charge in [-0.05, 0) is 83.5 Å². The summed E-state index contributed by atoms with van der Waals surface area (Å²) in [7, 11) is 0. The number of aromatic nitrogens is 4. The Hall–Kier alpha value is -3.95. The van der Waals surface area contributed by atoms with E-state index in [2.05, 4.69) is 37.3 Å². The molecule has 6 rings (SSSR count). The third-order valence-corrected chi connectivity index (χ3v) is 7.25. The highest BCUT2D eigenvalue weighted by molar-refractivity contribution is 6.30. The van der Waals surface area contributed by atoms with Gasteiger partial charge in [-0.3, -0.25) is 0 Å². The summed E-state index contributed by atoms with van der Waals surface area (Å²) in [6, 6.07) is 18.7. The Bertz CT molecular complexity index is 1430. The molecule has 2 amide bonds. The van der Waals surface area contributed by atoms with Crippen molar-refractivity contribution in [2.75, 3.05) is 23.8 Å². The number of nitrogens with zero attached hydrogens (tertiary/aromatic N) is 3. The van der Waals surface area contributed by atoms with Gasteiger partial charge in [-0.25, -0.2) is 4.79 Å². The lowest BCUT2D eigenvalue weighted by Gasteiger charge is -2.27. The van der Waals surface area contributed by atoms with Crippen molar-refractivity contribution >= 4 is 29.0 Å². The molecule has 1 saturated carbocycles. The van der Waals surface area contributed by atoms with E-state index in [0.29, 0.717) is 41.4 Å². The number of tetrazole rings is 1. The molecule has 200 valence electrons. The van der Waals surface area contributed by atoms with Gasteiger partial charge in [0.05, 0.1) is 18.9 Å². The number of aromatic amines is 1. The topological polar surface area (TPSA) is 114 Å². The van der Waals surface area contributed by atoms with E-state index in [1.54, 1.807) is 24.3 Å². The molecule has 1 aliphatic carbocycles. The van der Waals surface area contributed by atoms with E-state index in [1.165, 1.54) is 12.8 Å². The summed E-state index contributed by atoms with van der Waals surface area (Å²) < 4.78 is 12.2. The lowest BCUT2D eigenvalue weighted by molar-refractivity contribution is 0.0254. The van der Waals surface area contributed by atoms with Gasteiger partial charge in [0.15, 0.2) is 0 Å². The monoisotopic (exact) mass is 544 g/mol. The van der Waals surface area contributed by atoms with Gasteiger partial charge < -0.3 is 20.1 Å². The Balaban J connectivity index is 1.40. The van der Waals surface area contributed by atoms with E-state index in [-0.39, 0.29) is 12.1 Å².